The molecular formula is C18H24N2O3. The lowest BCUT2D eigenvalue weighted by molar-refractivity contribution is -0.130. The second-order valence-corrected chi connectivity index (χ2v) is 6.39. The van der Waals surface area contributed by atoms with E-state index >= 15 is 0 Å². The molecule has 1 fully saturated rings. The van der Waals surface area contributed by atoms with Crippen molar-refractivity contribution in [2.45, 2.75) is 44.8 Å². The molecule has 2 aliphatic rings. The van der Waals surface area contributed by atoms with E-state index in [2.05, 4.69) is 6.92 Å². The summed E-state index contributed by atoms with van der Waals surface area (Å²) in [7, 11) is 1.80. The minimum absolute atomic E-state index is 0.0339. The normalized spacial score (nSPS) is 23.1. The fourth-order valence-corrected chi connectivity index (χ4v) is 3.38. The number of nitrogens with zero attached hydrogens (tertiary/aromatic N) is 2. The Morgan fingerprint density at radius 3 is 2.83 bits per heavy atom. The monoisotopic (exact) mass is 316 g/mol. The molecule has 5 heteroatoms. The maximum atomic E-state index is 12.6. The molecule has 2 amide bonds. The summed E-state index contributed by atoms with van der Waals surface area (Å²) in [5.41, 5.74) is 0.602. The molecule has 0 radical (unpaired) electrons. The fraction of sp³-hybridized carbons (Fsp3) is 0.556. The number of carbonyl (C=O) groups excluding carboxylic acids is 2. The van der Waals surface area contributed by atoms with Crippen LogP contribution in [-0.4, -0.2) is 53.9 Å². The Bertz CT molecular complexity index is 602. The summed E-state index contributed by atoms with van der Waals surface area (Å²) in [5, 5.41) is 0. The maximum absolute atomic E-state index is 12.6. The molecule has 2 atom stereocenters. The van der Waals surface area contributed by atoms with Crippen molar-refractivity contribution in [3.05, 3.63) is 29.8 Å². The molecule has 0 spiro atoms. The van der Waals surface area contributed by atoms with E-state index < -0.39 is 0 Å². The predicted octanol–water partition coefficient (Wildman–Crippen LogP) is 2.31. The van der Waals surface area contributed by atoms with Crippen molar-refractivity contribution in [2.24, 2.45) is 0 Å². The zero-order chi connectivity index (χ0) is 16.4. The Kier molecular flexibility index (Phi) is 4.55. The molecule has 23 heavy (non-hydrogen) atoms. The van der Waals surface area contributed by atoms with Gasteiger partial charge in [-0.2, -0.15) is 0 Å². The first-order valence-electron chi connectivity index (χ1n) is 8.42. The quantitative estimate of drug-likeness (QED) is 0.801. The lowest BCUT2D eigenvalue weighted by Crippen LogP contribution is -2.44. The number of benzene rings is 1. The van der Waals surface area contributed by atoms with Crippen molar-refractivity contribution in [1.29, 1.82) is 0 Å². The second kappa shape index (κ2) is 6.60. The van der Waals surface area contributed by atoms with Gasteiger partial charge in [0, 0.05) is 20.0 Å². The molecule has 124 valence electrons. The fourth-order valence-electron chi connectivity index (χ4n) is 3.38. The molecule has 1 aromatic carbocycles. The van der Waals surface area contributed by atoms with Crippen LogP contribution in [0.25, 0.3) is 0 Å². The summed E-state index contributed by atoms with van der Waals surface area (Å²) < 4.78 is 6.07. The first-order valence-corrected chi connectivity index (χ1v) is 8.42. The Hall–Kier alpha value is -2.04. The zero-order valence-electron chi connectivity index (χ0n) is 13.8. The number of fused-ring (bicyclic) bond motifs is 2. The van der Waals surface area contributed by atoms with Crippen LogP contribution in [0.2, 0.25) is 0 Å². The SMILES string of the molecule is CCCCCC(=O)N1CC2Oc3ccccc3C(=O)N(C)C2C1. The van der Waals surface area contributed by atoms with Crippen molar-refractivity contribution in [1.82, 2.24) is 9.80 Å². The maximum Gasteiger partial charge on any atom is 0.257 e. The third kappa shape index (κ3) is 3.05. The summed E-state index contributed by atoms with van der Waals surface area (Å²) >= 11 is 0. The first-order chi connectivity index (χ1) is 11.1. The van der Waals surface area contributed by atoms with E-state index in [4.69, 9.17) is 4.74 Å². The van der Waals surface area contributed by atoms with E-state index in [-0.39, 0.29) is 24.0 Å². The van der Waals surface area contributed by atoms with Crippen molar-refractivity contribution < 1.29 is 14.3 Å². The van der Waals surface area contributed by atoms with Gasteiger partial charge in [0.15, 0.2) is 0 Å². The average molecular weight is 316 g/mol. The van der Waals surface area contributed by atoms with Gasteiger partial charge in [-0.1, -0.05) is 31.9 Å². The number of ether oxygens (including phenoxy) is 1. The Balaban J connectivity index is 1.74. The highest BCUT2D eigenvalue weighted by atomic mass is 16.5. The molecule has 0 aromatic heterocycles. The molecule has 5 nitrogen and oxygen atoms in total. The van der Waals surface area contributed by atoms with Gasteiger partial charge in [0.2, 0.25) is 5.91 Å². The van der Waals surface area contributed by atoms with E-state index in [1.54, 1.807) is 18.0 Å². The molecule has 0 aliphatic carbocycles. The van der Waals surface area contributed by atoms with Gasteiger partial charge < -0.3 is 14.5 Å². The summed E-state index contributed by atoms with van der Waals surface area (Å²) in [6.45, 7) is 3.25. The molecule has 3 rings (SSSR count). The standard InChI is InChI=1S/C18H24N2O3/c1-3-4-5-10-17(21)20-11-14-16(12-20)23-15-9-7-6-8-13(15)18(22)19(14)2/h6-9,14,16H,3-5,10-12H2,1-2H3. The van der Waals surface area contributed by atoms with Gasteiger partial charge >= 0.3 is 0 Å². The number of likely N-dealkylation sites (N-methyl/N-ethyl adjacent to an activating group) is 1. The van der Waals surface area contributed by atoms with Gasteiger partial charge in [0.1, 0.15) is 11.9 Å². The number of likely N-dealkylation sites (tertiary alicyclic amines) is 1. The van der Waals surface area contributed by atoms with Crippen molar-refractivity contribution in [2.75, 3.05) is 20.1 Å². The number of hydrogen-bond acceptors (Lipinski definition) is 3. The Labute approximate surface area is 137 Å². The summed E-state index contributed by atoms with van der Waals surface area (Å²) in [4.78, 5) is 28.5. The second-order valence-electron chi connectivity index (χ2n) is 6.39. The van der Waals surface area contributed by atoms with E-state index in [1.807, 2.05) is 23.1 Å². The van der Waals surface area contributed by atoms with Gasteiger partial charge in [0.05, 0.1) is 18.2 Å². The minimum atomic E-state index is -0.150. The molecule has 1 aromatic rings. The highest BCUT2D eigenvalue weighted by molar-refractivity contribution is 5.97. The van der Waals surface area contributed by atoms with Crippen molar-refractivity contribution >= 4 is 11.8 Å². The van der Waals surface area contributed by atoms with Crippen LogP contribution in [-0.2, 0) is 4.79 Å². The molecule has 2 heterocycles. The molecule has 2 unspecified atom stereocenters. The summed E-state index contributed by atoms with van der Waals surface area (Å²) in [6, 6.07) is 7.26. The van der Waals surface area contributed by atoms with Gasteiger partial charge in [0.25, 0.3) is 5.91 Å². The largest absolute Gasteiger partial charge is 0.486 e. The van der Waals surface area contributed by atoms with E-state index in [0.717, 1.165) is 19.3 Å². The van der Waals surface area contributed by atoms with E-state index in [9.17, 15) is 9.59 Å². The Morgan fingerprint density at radius 1 is 1.26 bits per heavy atom. The number of carbonyl (C=O) groups is 2. The van der Waals surface area contributed by atoms with E-state index in [1.165, 1.54) is 0 Å². The molecule has 1 saturated heterocycles. The topological polar surface area (TPSA) is 49.9 Å². The molecule has 0 bridgehead atoms. The van der Waals surface area contributed by atoms with Crippen LogP contribution < -0.4 is 4.74 Å². The van der Waals surface area contributed by atoms with E-state index in [0.29, 0.717) is 30.8 Å². The van der Waals surface area contributed by atoms with Crippen LogP contribution in [0, 0.1) is 0 Å². The highest BCUT2D eigenvalue weighted by Crippen LogP contribution is 2.30. The van der Waals surface area contributed by atoms with Crippen LogP contribution in [0.1, 0.15) is 43.0 Å². The Morgan fingerprint density at radius 2 is 2.04 bits per heavy atom. The third-order valence-corrected chi connectivity index (χ3v) is 4.80. The number of para-hydroxylation sites is 1. The predicted molar refractivity (Wildman–Crippen MR) is 87.5 cm³/mol. The third-order valence-electron chi connectivity index (χ3n) is 4.80. The van der Waals surface area contributed by atoms with Crippen molar-refractivity contribution in [3.63, 3.8) is 0 Å². The van der Waals surface area contributed by atoms with Crippen molar-refractivity contribution in [3.8, 4) is 5.75 Å². The van der Waals surface area contributed by atoms with Gasteiger partial charge in [-0.3, -0.25) is 9.59 Å². The average Bonchev–Trinajstić information content (AvgIpc) is 2.94. The number of rotatable bonds is 4. The van der Waals surface area contributed by atoms with Gasteiger partial charge in [-0.15, -0.1) is 0 Å². The van der Waals surface area contributed by atoms with Crippen LogP contribution in [0.4, 0.5) is 0 Å². The highest BCUT2D eigenvalue weighted by Gasteiger charge is 2.43. The number of amides is 2. The molecule has 0 saturated carbocycles. The van der Waals surface area contributed by atoms with Crippen LogP contribution in [0.3, 0.4) is 0 Å². The molecule has 2 aliphatic heterocycles. The van der Waals surface area contributed by atoms with Crippen LogP contribution in [0.15, 0.2) is 24.3 Å². The molecular weight excluding hydrogens is 292 g/mol. The summed E-state index contributed by atoms with van der Waals surface area (Å²) in [5.74, 6) is 0.759. The zero-order valence-corrected chi connectivity index (χ0v) is 13.8. The van der Waals surface area contributed by atoms with Gasteiger partial charge in [-0.05, 0) is 18.6 Å². The number of unbranched alkanes of at least 4 members (excludes halogenated alkanes) is 2. The minimum Gasteiger partial charge on any atom is -0.486 e. The first kappa shape index (κ1) is 15.8. The molecule has 0 N–H and O–H groups in total. The summed E-state index contributed by atoms with van der Waals surface area (Å²) in [6.07, 6.45) is 3.55. The van der Waals surface area contributed by atoms with Crippen LogP contribution in [0.5, 0.6) is 5.75 Å². The number of hydrogen-bond donors (Lipinski definition) is 0. The lowest BCUT2D eigenvalue weighted by Gasteiger charge is -2.25. The lowest BCUT2D eigenvalue weighted by atomic mass is 10.1. The van der Waals surface area contributed by atoms with Crippen LogP contribution >= 0.6 is 0 Å². The smallest absolute Gasteiger partial charge is 0.257 e. The van der Waals surface area contributed by atoms with Gasteiger partial charge in [-0.25, -0.2) is 0 Å².